The summed E-state index contributed by atoms with van der Waals surface area (Å²) in [6.07, 6.45) is -0.0673. The number of hydrogen-bond donors (Lipinski definition) is 0. The Hall–Kier alpha value is -2.69. The number of ether oxygens (including phenoxy) is 4. The zero-order valence-electron chi connectivity index (χ0n) is 19.3. The fourth-order valence-corrected chi connectivity index (χ4v) is 2.86. The van der Waals surface area contributed by atoms with Gasteiger partial charge in [-0.3, -0.25) is 4.79 Å². The number of rotatable bonds is 10. The summed E-state index contributed by atoms with van der Waals surface area (Å²) in [7, 11) is 0. The van der Waals surface area contributed by atoms with Crippen molar-refractivity contribution in [3.8, 4) is 23.0 Å². The van der Waals surface area contributed by atoms with Gasteiger partial charge in [-0.2, -0.15) is 0 Å². The van der Waals surface area contributed by atoms with Crippen molar-refractivity contribution in [2.45, 2.75) is 79.8 Å². The van der Waals surface area contributed by atoms with Crippen LogP contribution in [0.2, 0.25) is 0 Å². The summed E-state index contributed by atoms with van der Waals surface area (Å²) in [5.41, 5.74) is 1.05. The molecule has 164 valence electrons. The molecule has 0 heterocycles. The minimum absolute atomic E-state index is 0.00491. The highest BCUT2D eigenvalue weighted by molar-refractivity contribution is 6.09. The molecule has 0 aliphatic carbocycles. The molecule has 0 fully saturated rings. The van der Waals surface area contributed by atoms with E-state index in [-0.39, 0.29) is 30.2 Å². The lowest BCUT2D eigenvalue weighted by atomic mass is 10.0. The summed E-state index contributed by atoms with van der Waals surface area (Å²) >= 11 is 0. The SMILES string of the molecule is CC(C)Oc1ccc(C(=O)c2ccc(OC(C)C)c(OC(C)C)c2)cc1OC(C)C. The van der Waals surface area contributed by atoms with Gasteiger partial charge in [0.05, 0.1) is 24.4 Å². The number of ketones is 1. The van der Waals surface area contributed by atoms with Gasteiger partial charge in [0.25, 0.3) is 0 Å². The minimum Gasteiger partial charge on any atom is -0.487 e. The highest BCUT2D eigenvalue weighted by Gasteiger charge is 2.18. The lowest BCUT2D eigenvalue weighted by Crippen LogP contribution is -2.13. The maximum atomic E-state index is 13.2. The minimum atomic E-state index is -0.121. The van der Waals surface area contributed by atoms with Crippen molar-refractivity contribution in [3.05, 3.63) is 47.5 Å². The molecule has 0 aliphatic heterocycles. The highest BCUT2D eigenvalue weighted by Crippen LogP contribution is 2.34. The summed E-state index contributed by atoms with van der Waals surface area (Å²) < 4.78 is 23.4. The standard InChI is InChI=1S/C25H34O5/c1-15(2)27-21-11-9-19(13-23(21)29-17(5)6)25(26)20-10-12-22(28-16(3)4)24(14-20)30-18(7)8/h9-18H,1-8H3. The van der Waals surface area contributed by atoms with Crippen LogP contribution in [0.15, 0.2) is 36.4 Å². The fraction of sp³-hybridized carbons (Fsp3) is 0.480. The van der Waals surface area contributed by atoms with Crippen LogP contribution in [-0.4, -0.2) is 30.2 Å². The Morgan fingerprint density at radius 3 is 1.13 bits per heavy atom. The van der Waals surface area contributed by atoms with Gasteiger partial charge in [-0.15, -0.1) is 0 Å². The molecule has 2 rings (SSSR count). The van der Waals surface area contributed by atoms with Crippen molar-refractivity contribution in [1.29, 1.82) is 0 Å². The van der Waals surface area contributed by atoms with Gasteiger partial charge in [0.1, 0.15) is 0 Å². The van der Waals surface area contributed by atoms with Gasteiger partial charge < -0.3 is 18.9 Å². The number of carbonyl (C=O) groups is 1. The Morgan fingerprint density at radius 1 is 0.533 bits per heavy atom. The molecule has 5 nitrogen and oxygen atoms in total. The lowest BCUT2D eigenvalue weighted by molar-refractivity contribution is 0.103. The van der Waals surface area contributed by atoms with Crippen molar-refractivity contribution in [2.75, 3.05) is 0 Å². The molecular weight excluding hydrogens is 380 g/mol. The van der Waals surface area contributed by atoms with Crippen LogP contribution in [0.4, 0.5) is 0 Å². The molecule has 30 heavy (non-hydrogen) atoms. The molecule has 2 aromatic rings. The van der Waals surface area contributed by atoms with E-state index < -0.39 is 0 Å². The van der Waals surface area contributed by atoms with Gasteiger partial charge in [0, 0.05) is 11.1 Å². The number of hydrogen-bond acceptors (Lipinski definition) is 5. The zero-order chi connectivity index (χ0) is 22.4. The molecule has 0 saturated heterocycles. The first-order chi connectivity index (χ1) is 14.1. The Balaban J connectivity index is 2.41. The molecule has 0 atom stereocenters. The summed E-state index contributed by atoms with van der Waals surface area (Å²) in [6, 6.07) is 10.6. The molecule has 0 bridgehead atoms. The summed E-state index contributed by atoms with van der Waals surface area (Å²) in [4.78, 5) is 13.2. The van der Waals surface area contributed by atoms with E-state index in [2.05, 4.69) is 0 Å². The molecule has 2 aromatic carbocycles. The van der Waals surface area contributed by atoms with E-state index in [9.17, 15) is 4.79 Å². The Labute approximate surface area is 180 Å². The quantitative estimate of drug-likeness (QED) is 0.442. The second-order valence-corrected chi connectivity index (χ2v) is 8.32. The summed E-state index contributed by atoms with van der Waals surface area (Å²) in [5.74, 6) is 2.25. The maximum Gasteiger partial charge on any atom is 0.193 e. The fourth-order valence-electron chi connectivity index (χ4n) is 2.86. The van der Waals surface area contributed by atoms with Crippen molar-refractivity contribution < 1.29 is 23.7 Å². The van der Waals surface area contributed by atoms with Gasteiger partial charge >= 0.3 is 0 Å². The van der Waals surface area contributed by atoms with E-state index in [1.807, 2.05) is 55.4 Å². The monoisotopic (exact) mass is 414 g/mol. The van der Waals surface area contributed by atoms with Crippen LogP contribution in [0, 0.1) is 0 Å². The largest absolute Gasteiger partial charge is 0.487 e. The molecule has 0 spiro atoms. The van der Waals surface area contributed by atoms with Crippen molar-refractivity contribution >= 4 is 5.78 Å². The summed E-state index contributed by atoms with van der Waals surface area (Å²) in [6.45, 7) is 15.6. The van der Waals surface area contributed by atoms with Crippen molar-refractivity contribution in [1.82, 2.24) is 0 Å². The predicted octanol–water partition coefficient (Wildman–Crippen LogP) is 6.07. The molecule has 0 radical (unpaired) electrons. The molecule has 5 heteroatoms. The number of carbonyl (C=O) groups excluding carboxylic acids is 1. The molecule has 0 saturated carbocycles. The van der Waals surface area contributed by atoms with Crippen LogP contribution < -0.4 is 18.9 Å². The smallest absolute Gasteiger partial charge is 0.193 e. The van der Waals surface area contributed by atoms with E-state index in [1.54, 1.807) is 36.4 Å². The van der Waals surface area contributed by atoms with Crippen LogP contribution in [0.5, 0.6) is 23.0 Å². The zero-order valence-corrected chi connectivity index (χ0v) is 19.3. The molecular formula is C25H34O5. The van der Waals surface area contributed by atoms with Gasteiger partial charge in [-0.25, -0.2) is 0 Å². The first-order valence-corrected chi connectivity index (χ1v) is 10.6. The van der Waals surface area contributed by atoms with Gasteiger partial charge in [-0.05, 0) is 91.8 Å². The first kappa shape index (κ1) is 23.6. The third-order valence-electron chi connectivity index (χ3n) is 3.86. The van der Waals surface area contributed by atoms with Crippen LogP contribution in [-0.2, 0) is 0 Å². The van der Waals surface area contributed by atoms with E-state index in [0.717, 1.165) is 0 Å². The van der Waals surface area contributed by atoms with E-state index in [0.29, 0.717) is 34.1 Å². The van der Waals surface area contributed by atoms with Crippen LogP contribution in [0.3, 0.4) is 0 Å². The number of benzene rings is 2. The van der Waals surface area contributed by atoms with Crippen LogP contribution >= 0.6 is 0 Å². The van der Waals surface area contributed by atoms with Gasteiger partial charge in [-0.1, -0.05) is 0 Å². The predicted molar refractivity (Wildman–Crippen MR) is 119 cm³/mol. The van der Waals surface area contributed by atoms with Gasteiger partial charge in [0.2, 0.25) is 0 Å². The average molecular weight is 415 g/mol. The van der Waals surface area contributed by atoms with Crippen molar-refractivity contribution in [2.24, 2.45) is 0 Å². The molecule has 0 amide bonds. The second kappa shape index (κ2) is 10.4. The van der Waals surface area contributed by atoms with Crippen molar-refractivity contribution in [3.63, 3.8) is 0 Å². The molecule has 0 aliphatic rings. The normalized spacial score (nSPS) is 11.3. The Morgan fingerprint density at radius 2 is 0.833 bits per heavy atom. The van der Waals surface area contributed by atoms with Crippen LogP contribution in [0.1, 0.15) is 71.3 Å². The molecule has 0 N–H and O–H groups in total. The third kappa shape index (κ3) is 6.68. The first-order valence-electron chi connectivity index (χ1n) is 10.6. The van der Waals surface area contributed by atoms with E-state index in [4.69, 9.17) is 18.9 Å². The van der Waals surface area contributed by atoms with Crippen LogP contribution in [0.25, 0.3) is 0 Å². The molecule has 0 aromatic heterocycles. The topological polar surface area (TPSA) is 54.0 Å². The molecule has 0 unspecified atom stereocenters. The highest BCUT2D eigenvalue weighted by atomic mass is 16.5. The Bertz CT molecular complexity index is 783. The third-order valence-corrected chi connectivity index (χ3v) is 3.86. The summed E-state index contributed by atoms with van der Waals surface area (Å²) in [5, 5.41) is 0. The maximum absolute atomic E-state index is 13.2. The Kier molecular flexibility index (Phi) is 8.16. The van der Waals surface area contributed by atoms with E-state index >= 15 is 0 Å². The average Bonchev–Trinajstić information content (AvgIpc) is 2.62. The lowest BCUT2D eigenvalue weighted by Gasteiger charge is -2.19. The van der Waals surface area contributed by atoms with E-state index in [1.165, 1.54) is 0 Å². The second-order valence-electron chi connectivity index (χ2n) is 8.32. The van der Waals surface area contributed by atoms with Gasteiger partial charge in [0.15, 0.2) is 28.8 Å².